The van der Waals surface area contributed by atoms with Gasteiger partial charge in [-0.1, -0.05) is 13.0 Å². The number of hydrogen-bond donors (Lipinski definition) is 0. The molecule has 0 N–H and O–H groups in total. The van der Waals surface area contributed by atoms with E-state index < -0.39 is 0 Å². The lowest BCUT2D eigenvalue weighted by Gasteiger charge is -2.14. The third-order valence-electron chi connectivity index (χ3n) is 4.64. The van der Waals surface area contributed by atoms with Crippen molar-refractivity contribution in [3.63, 3.8) is 0 Å². The maximum Gasteiger partial charge on any atom is 0.266 e. The average molecular weight is 394 g/mol. The minimum atomic E-state index is 0.0101. The summed E-state index contributed by atoms with van der Waals surface area (Å²) in [4.78, 5) is 20.1. The van der Waals surface area contributed by atoms with Crippen LogP contribution in [0.15, 0.2) is 52.4 Å². The Balaban J connectivity index is 1.62. The quantitative estimate of drug-likeness (QED) is 0.693. The van der Waals surface area contributed by atoms with Crippen molar-refractivity contribution in [2.24, 2.45) is 4.99 Å². The van der Waals surface area contributed by atoms with E-state index in [9.17, 15) is 4.79 Å². The summed E-state index contributed by atoms with van der Waals surface area (Å²) < 4.78 is 10.8. The lowest BCUT2D eigenvalue weighted by atomic mass is 10.1. The number of carbonyl (C=O) groups excluding carboxylic acids is 1. The smallest absolute Gasteiger partial charge is 0.266 e. The number of carbonyl (C=O) groups is 1. The molecule has 2 aliphatic rings. The van der Waals surface area contributed by atoms with Crippen LogP contribution in [0.2, 0.25) is 0 Å². The number of nitrogens with zero attached hydrogens (tertiary/aromatic N) is 2. The third kappa shape index (κ3) is 3.78. The number of amides is 1. The molecule has 2 aromatic carbocycles. The van der Waals surface area contributed by atoms with Crippen LogP contribution in [-0.2, 0) is 11.2 Å². The van der Waals surface area contributed by atoms with Crippen molar-refractivity contribution in [1.29, 1.82) is 0 Å². The summed E-state index contributed by atoms with van der Waals surface area (Å²) in [6, 6.07) is 13.6. The van der Waals surface area contributed by atoms with E-state index in [-0.39, 0.29) is 5.91 Å². The maximum atomic E-state index is 12.9. The molecule has 0 radical (unpaired) electrons. The van der Waals surface area contributed by atoms with E-state index in [1.807, 2.05) is 42.5 Å². The van der Waals surface area contributed by atoms with E-state index in [4.69, 9.17) is 14.5 Å². The van der Waals surface area contributed by atoms with Gasteiger partial charge in [0.25, 0.3) is 5.91 Å². The zero-order valence-corrected chi connectivity index (χ0v) is 16.8. The van der Waals surface area contributed by atoms with Crippen molar-refractivity contribution in [3.8, 4) is 11.5 Å². The molecule has 4 rings (SSSR count). The second kappa shape index (κ2) is 8.10. The van der Waals surface area contributed by atoms with Crippen LogP contribution in [0.4, 0.5) is 5.69 Å². The van der Waals surface area contributed by atoms with Gasteiger partial charge in [-0.2, -0.15) is 0 Å². The molecule has 0 unspecified atom stereocenters. The SMILES string of the molecule is CCCN1C(=O)/C(=C/c2ccc3c(c2)CCO3)S/C1=N\c1ccc(OC)cc1. The number of fused-ring (bicyclic) bond motifs is 1. The highest BCUT2D eigenvalue weighted by Gasteiger charge is 2.32. The van der Waals surface area contributed by atoms with Crippen LogP contribution in [-0.4, -0.2) is 36.2 Å². The number of amidine groups is 1. The topological polar surface area (TPSA) is 51.1 Å². The van der Waals surface area contributed by atoms with Crippen LogP contribution in [0.25, 0.3) is 6.08 Å². The predicted octanol–water partition coefficient (Wildman–Crippen LogP) is 4.64. The van der Waals surface area contributed by atoms with Gasteiger partial charge in [-0.05, 0) is 71.8 Å². The molecule has 1 saturated heterocycles. The summed E-state index contributed by atoms with van der Waals surface area (Å²) in [7, 11) is 1.64. The molecule has 0 saturated carbocycles. The molecule has 2 aliphatic heterocycles. The summed E-state index contributed by atoms with van der Waals surface area (Å²) in [5.41, 5.74) is 3.01. The Kier molecular flexibility index (Phi) is 5.39. The Morgan fingerprint density at radius 1 is 1.25 bits per heavy atom. The van der Waals surface area contributed by atoms with Crippen LogP contribution in [0.3, 0.4) is 0 Å². The van der Waals surface area contributed by atoms with Crippen molar-refractivity contribution in [1.82, 2.24) is 4.90 Å². The zero-order valence-electron chi connectivity index (χ0n) is 16.0. The van der Waals surface area contributed by atoms with Crippen molar-refractivity contribution >= 4 is 34.6 Å². The molecule has 6 heteroatoms. The summed E-state index contributed by atoms with van der Waals surface area (Å²) in [6.45, 7) is 3.44. The number of benzene rings is 2. The van der Waals surface area contributed by atoms with E-state index in [2.05, 4.69) is 13.0 Å². The van der Waals surface area contributed by atoms with Gasteiger partial charge < -0.3 is 9.47 Å². The van der Waals surface area contributed by atoms with E-state index in [1.165, 1.54) is 17.3 Å². The molecule has 0 bridgehead atoms. The minimum Gasteiger partial charge on any atom is -0.497 e. The first-order valence-electron chi connectivity index (χ1n) is 9.38. The van der Waals surface area contributed by atoms with Crippen LogP contribution in [0, 0.1) is 0 Å². The first kappa shape index (κ1) is 18.6. The summed E-state index contributed by atoms with van der Waals surface area (Å²) in [6.07, 6.45) is 3.74. The summed E-state index contributed by atoms with van der Waals surface area (Å²) in [5, 5.41) is 0.716. The van der Waals surface area contributed by atoms with Gasteiger partial charge in [0.15, 0.2) is 5.17 Å². The Labute approximate surface area is 169 Å². The summed E-state index contributed by atoms with van der Waals surface area (Å²) in [5.74, 6) is 1.74. The Morgan fingerprint density at radius 2 is 2.07 bits per heavy atom. The van der Waals surface area contributed by atoms with Crippen molar-refractivity contribution in [2.45, 2.75) is 19.8 Å². The number of aliphatic imine (C=N–C) groups is 1. The van der Waals surface area contributed by atoms with E-state index in [0.29, 0.717) is 16.6 Å². The fourth-order valence-corrected chi connectivity index (χ4v) is 4.25. The largest absolute Gasteiger partial charge is 0.497 e. The zero-order chi connectivity index (χ0) is 19.5. The van der Waals surface area contributed by atoms with Crippen LogP contribution in [0.1, 0.15) is 24.5 Å². The fourth-order valence-electron chi connectivity index (χ4n) is 3.23. The number of hydrogen-bond acceptors (Lipinski definition) is 5. The number of ether oxygens (including phenoxy) is 2. The first-order valence-corrected chi connectivity index (χ1v) is 10.2. The molecule has 28 heavy (non-hydrogen) atoms. The molecular formula is C22H22N2O3S. The van der Waals surface area contributed by atoms with Gasteiger partial charge >= 0.3 is 0 Å². The molecule has 0 aromatic heterocycles. The first-order chi connectivity index (χ1) is 13.7. The molecule has 144 valence electrons. The Bertz CT molecular complexity index is 951. The molecular weight excluding hydrogens is 372 g/mol. The molecule has 5 nitrogen and oxygen atoms in total. The van der Waals surface area contributed by atoms with Crippen LogP contribution < -0.4 is 9.47 Å². The Hall–Kier alpha value is -2.73. The second-order valence-electron chi connectivity index (χ2n) is 6.63. The third-order valence-corrected chi connectivity index (χ3v) is 5.65. The molecule has 2 heterocycles. The molecule has 1 amide bonds. The molecule has 0 spiro atoms. The number of methoxy groups -OCH3 is 1. The standard InChI is InChI=1S/C22H22N2O3S/c1-3-11-24-21(25)20(14-15-4-9-19-16(13-15)10-12-27-19)28-22(24)23-17-5-7-18(26-2)8-6-17/h4-9,13-14H,3,10-12H2,1-2H3/b20-14-,23-22-. The predicted molar refractivity (Wildman–Crippen MR) is 113 cm³/mol. The van der Waals surface area contributed by atoms with Gasteiger partial charge in [0, 0.05) is 13.0 Å². The van der Waals surface area contributed by atoms with Crippen molar-refractivity contribution < 1.29 is 14.3 Å². The van der Waals surface area contributed by atoms with Crippen LogP contribution >= 0.6 is 11.8 Å². The lowest BCUT2D eigenvalue weighted by molar-refractivity contribution is -0.122. The Morgan fingerprint density at radius 3 is 2.82 bits per heavy atom. The molecule has 2 aromatic rings. The monoisotopic (exact) mass is 394 g/mol. The normalized spacial score (nSPS) is 18.6. The van der Waals surface area contributed by atoms with Gasteiger partial charge in [0.1, 0.15) is 11.5 Å². The second-order valence-corrected chi connectivity index (χ2v) is 7.63. The highest BCUT2D eigenvalue weighted by molar-refractivity contribution is 8.18. The van der Waals surface area contributed by atoms with Gasteiger partial charge in [0.2, 0.25) is 0 Å². The summed E-state index contributed by atoms with van der Waals surface area (Å²) >= 11 is 1.42. The highest BCUT2D eigenvalue weighted by atomic mass is 32.2. The van der Waals surface area contributed by atoms with E-state index in [0.717, 1.165) is 42.2 Å². The van der Waals surface area contributed by atoms with E-state index in [1.54, 1.807) is 12.0 Å². The maximum absolute atomic E-state index is 12.9. The van der Waals surface area contributed by atoms with Gasteiger partial charge in [0.05, 0.1) is 24.3 Å². The van der Waals surface area contributed by atoms with Crippen molar-refractivity contribution in [2.75, 3.05) is 20.3 Å². The van der Waals surface area contributed by atoms with Crippen molar-refractivity contribution in [3.05, 3.63) is 58.5 Å². The number of rotatable bonds is 5. The van der Waals surface area contributed by atoms with Crippen LogP contribution in [0.5, 0.6) is 11.5 Å². The van der Waals surface area contributed by atoms with Gasteiger partial charge in [-0.25, -0.2) is 4.99 Å². The minimum absolute atomic E-state index is 0.0101. The van der Waals surface area contributed by atoms with Gasteiger partial charge in [-0.15, -0.1) is 0 Å². The molecule has 1 fully saturated rings. The lowest BCUT2D eigenvalue weighted by Crippen LogP contribution is -2.29. The van der Waals surface area contributed by atoms with E-state index >= 15 is 0 Å². The molecule has 0 aliphatic carbocycles. The number of thioether (sulfide) groups is 1. The molecule has 0 atom stereocenters. The highest BCUT2D eigenvalue weighted by Crippen LogP contribution is 2.35. The van der Waals surface area contributed by atoms with Gasteiger partial charge in [-0.3, -0.25) is 9.69 Å². The fraction of sp³-hybridized carbons (Fsp3) is 0.273. The average Bonchev–Trinajstić information content (AvgIpc) is 3.29.